The zero-order valence-electron chi connectivity index (χ0n) is 11.3. The maximum Gasteiger partial charge on any atom is 0.280 e. The van der Waals surface area contributed by atoms with Crippen molar-refractivity contribution in [1.29, 1.82) is 0 Å². The number of halogens is 3. The molecular weight excluding hydrogens is 300 g/mol. The van der Waals surface area contributed by atoms with E-state index in [1.54, 1.807) is 18.2 Å². The van der Waals surface area contributed by atoms with Gasteiger partial charge in [-0.05, 0) is 37.6 Å². The van der Waals surface area contributed by atoms with E-state index in [1.165, 1.54) is 6.92 Å². The van der Waals surface area contributed by atoms with E-state index in [0.29, 0.717) is 10.7 Å². The lowest BCUT2D eigenvalue weighted by atomic mass is 10.2. The number of hydrogen-bond acceptors (Lipinski definition) is 3. The Morgan fingerprint density at radius 2 is 1.95 bits per heavy atom. The average molecular weight is 312 g/mol. The first kappa shape index (κ1) is 15.3. The largest absolute Gasteiger partial charge is 0.321 e. The number of nitrogens with zero attached hydrogens (tertiary/aromatic N) is 2. The van der Waals surface area contributed by atoms with Gasteiger partial charge in [-0.25, -0.2) is 18.7 Å². The van der Waals surface area contributed by atoms with Gasteiger partial charge in [0.05, 0.1) is 0 Å². The van der Waals surface area contributed by atoms with Crippen LogP contribution >= 0.6 is 11.6 Å². The van der Waals surface area contributed by atoms with Crippen LogP contribution < -0.4 is 5.32 Å². The summed E-state index contributed by atoms with van der Waals surface area (Å²) >= 11 is 5.96. The summed E-state index contributed by atoms with van der Waals surface area (Å²) in [7, 11) is 0. The maximum atomic E-state index is 12.7. The van der Waals surface area contributed by atoms with E-state index in [-0.39, 0.29) is 11.5 Å². The van der Waals surface area contributed by atoms with Gasteiger partial charge >= 0.3 is 0 Å². The molecule has 0 aliphatic rings. The third kappa shape index (κ3) is 3.72. The van der Waals surface area contributed by atoms with E-state index in [9.17, 15) is 13.6 Å². The van der Waals surface area contributed by atoms with Crippen LogP contribution in [0.25, 0.3) is 0 Å². The Morgan fingerprint density at radius 3 is 2.57 bits per heavy atom. The molecule has 0 saturated heterocycles. The van der Waals surface area contributed by atoms with Crippen LogP contribution in [0.15, 0.2) is 24.3 Å². The summed E-state index contributed by atoms with van der Waals surface area (Å²) in [5.41, 5.74) is 0.738. The lowest BCUT2D eigenvalue weighted by Gasteiger charge is -2.08. The van der Waals surface area contributed by atoms with Gasteiger partial charge in [0.25, 0.3) is 12.3 Å². The standard InChI is InChI=1S/C14H12ClF2N3O/c1-7-3-4-9(5-10(7)15)20-14(21)12-6-11(13(16)17)18-8(2)19-12/h3-6,13H,1-2H3,(H,20,21). The average Bonchev–Trinajstić information content (AvgIpc) is 2.42. The number of aromatic nitrogens is 2. The summed E-state index contributed by atoms with van der Waals surface area (Å²) in [6.07, 6.45) is -2.76. The molecule has 0 spiro atoms. The number of anilines is 1. The van der Waals surface area contributed by atoms with Crippen LogP contribution in [0.4, 0.5) is 14.5 Å². The fourth-order valence-electron chi connectivity index (χ4n) is 1.68. The van der Waals surface area contributed by atoms with E-state index in [0.717, 1.165) is 11.6 Å². The van der Waals surface area contributed by atoms with Crippen molar-refractivity contribution < 1.29 is 13.6 Å². The molecule has 21 heavy (non-hydrogen) atoms. The molecule has 1 heterocycles. The van der Waals surface area contributed by atoms with Crippen LogP contribution in [0.5, 0.6) is 0 Å². The second-order valence-corrected chi connectivity index (χ2v) is 4.85. The van der Waals surface area contributed by atoms with Crippen LogP contribution in [0, 0.1) is 13.8 Å². The van der Waals surface area contributed by atoms with Crippen molar-refractivity contribution in [3.8, 4) is 0 Å². The normalized spacial score (nSPS) is 10.8. The number of hydrogen-bond donors (Lipinski definition) is 1. The first-order valence-electron chi connectivity index (χ1n) is 6.08. The molecule has 2 aromatic rings. The molecule has 1 aromatic carbocycles. The van der Waals surface area contributed by atoms with Crippen molar-refractivity contribution >= 4 is 23.2 Å². The fraction of sp³-hybridized carbons (Fsp3) is 0.214. The highest BCUT2D eigenvalue weighted by atomic mass is 35.5. The van der Waals surface area contributed by atoms with E-state index < -0.39 is 18.0 Å². The molecule has 1 N–H and O–H groups in total. The van der Waals surface area contributed by atoms with Crippen molar-refractivity contribution in [2.24, 2.45) is 0 Å². The van der Waals surface area contributed by atoms with Crippen molar-refractivity contribution in [1.82, 2.24) is 9.97 Å². The molecular formula is C14H12ClF2N3O. The first-order valence-corrected chi connectivity index (χ1v) is 6.46. The molecule has 2 rings (SSSR count). The van der Waals surface area contributed by atoms with Crippen molar-refractivity contribution in [2.45, 2.75) is 20.3 Å². The monoisotopic (exact) mass is 311 g/mol. The Labute approximate surface area is 125 Å². The predicted octanol–water partition coefficient (Wildman–Crippen LogP) is 3.94. The zero-order chi connectivity index (χ0) is 15.6. The molecule has 1 amide bonds. The number of nitrogens with one attached hydrogen (secondary N) is 1. The summed E-state index contributed by atoms with van der Waals surface area (Å²) in [6.45, 7) is 3.28. The highest BCUT2D eigenvalue weighted by molar-refractivity contribution is 6.31. The molecule has 0 bridgehead atoms. The summed E-state index contributed by atoms with van der Waals surface area (Å²) < 4.78 is 25.4. The second kappa shape index (κ2) is 6.13. The van der Waals surface area contributed by atoms with Gasteiger partial charge in [-0.1, -0.05) is 17.7 Å². The highest BCUT2D eigenvalue weighted by Gasteiger charge is 2.16. The summed E-state index contributed by atoms with van der Waals surface area (Å²) in [4.78, 5) is 19.5. The van der Waals surface area contributed by atoms with Gasteiger partial charge in [-0.3, -0.25) is 4.79 Å². The molecule has 0 fully saturated rings. The zero-order valence-corrected chi connectivity index (χ0v) is 12.1. The highest BCUT2D eigenvalue weighted by Crippen LogP contribution is 2.21. The smallest absolute Gasteiger partial charge is 0.280 e. The third-order valence-corrected chi connectivity index (χ3v) is 3.15. The quantitative estimate of drug-likeness (QED) is 0.934. The van der Waals surface area contributed by atoms with E-state index in [4.69, 9.17) is 11.6 Å². The van der Waals surface area contributed by atoms with Crippen molar-refractivity contribution in [3.05, 3.63) is 52.1 Å². The van der Waals surface area contributed by atoms with Crippen LogP contribution in [0.2, 0.25) is 5.02 Å². The van der Waals surface area contributed by atoms with Gasteiger partial charge in [-0.2, -0.15) is 0 Å². The molecule has 1 aromatic heterocycles. The number of amides is 1. The van der Waals surface area contributed by atoms with Crippen molar-refractivity contribution in [3.63, 3.8) is 0 Å². The van der Waals surface area contributed by atoms with Gasteiger partial charge in [0, 0.05) is 10.7 Å². The van der Waals surface area contributed by atoms with Crippen LogP contribution in [0.3, 0.4) is 0 Å². The Morgan fingerprint density at radius 1 is 1.24 bits per heavy atom. The Balaban J connectivity index is 2.25. The predicted molar refractivity (Wildman–Crippen MR) is 75.9 cm³/mol. The Bertz CT molecular complexity index is 692. The van der Waals surface area contributed by atoms with E-state index in [2.05, 4.69) is 15.3 Å². The van der Waals surface area contributed by atoms with Crippen LogP contribution in [-0.4, -0.2) is 15.9 Å². The summed E-state index contributed by atoms with van der Waals surface area (Å²) in [5.74, 6) is -0.484. The number of carbonyl (C=O) groups is 1. The van der Waals surface area contributed by atoms with Crippen LogP contribution in [-0.2, 0) is 0 Å². The fourth-order valence-corrected chi connectivity index (χ4v) is 1.87. The molecule has 0 atom stereocenters. The lowest BCUT2D eigenvalue weighted by Crippen LogP contribution is -2.15. The molecule has 0 radical (unpaired) electrons. The maximum absolute atomic E-state index is 12.7. The van der Waals surface area contributed by atoms with Crippen molar-refractivity contribution in [2.75, 3.05) is 5.32 Å². The number of aryl methyl sites for hydroxylation is 2. The number of benzene rings is 1. The van der Waals surface area contributed by atoms with Gasteiger partial charge < -0.3 is 5.32 Å². The lowest BCUT2D eigenvalue weighted by molar-refractivity contribution is 0.102. The summed E-state index contributed by atoms with van der Waals surface area (Å²) in [6, 6.07) is 5.97. The SMILES string of the molecule is Cc1nc(C(=O)Nc2ccc(C)c(Cl)c2)cc(C(F)F)n1. The third-order valence-electron chi connectivity index (χ3n) is 2.74. The molecule has 110 valence electrons. The topological polar surface area (TPSA) is 54.9 Å². The van der Waals surface area contributed by atoms with E-state index in [1.807, 2.05) is 6.92 Å². The minimum absolute atomic E-state index is 0.111. The minimum Gasteiger partial charge on any atom is -0.321 e. The Hall–Kier alpha value is -2.08. The number of carbonyl (C=O) groups excluding carboxylic acids is 1. The molecule has 4 nitrogen and oxygen atoms in total. The van der Waals surface area contributed by atoms with Gasteiger partial charge in [0.15, 0.2) is 0 Å². The Kier molecular flexibility index (Phi) is 4.47. The second-order valence-electron chi connectivity index (χ2n) is 4.44. The molecule has 7 heteroatoms. The molecule has 0 saturated carbocycles. The molecule has 0 aliphatic heterocycles. The number of rotatable bonds is 3. The van der Waals surface area contributed by atoms with Gasteiger partial charge in [0.1, 0.15) is 17.2 Å². The number of alkyl halides is 2. The first-order chi connectivity index (χ1) is 9.86. The van der Waals surface area contributed by atoms with Gasteiger partial charge in [0.2, 0.25) is 0 Å². The molecule has 0 aliphatic carbocycles. The summed E-state index contributed by atoms with van der Waals surface area (Å²) in [5, 5.41) is 3.06. The van der Waals surface area contributed by atoms with Crippen LogP contribution in [0.1, 0.15) is 34.0 Å². The molecule has 0 unspecified atom stereocenters. The van der Waals surface area contributed by atoms with Gasteiger partial charge in [-0.15, -0.1) is 0 Å². The van der Waals surface area contributed by atoms with E-state index >= 15 is 0 Å². The minimum atomic E-state index is -2.76.